The Labute approximate surface area is 200 Å². The summed E-state index contributed by atoms with van der Waals surface area (Å²) in [5, 5.41) is 4.82. The lowest BCUT2D eigenvalue weighted by Crippen LogP contribution is -2.27. The van der Waals surface area contributed by atoms with Crippen LogP contribution in [0.25, 0.3) is 23.0 Å². The molecule has 0 radical (unpaired) electrons. The molecule has 8 heteroatoms. The van der Waals surface area contributed by atoms with Crippen molar-refractivity contribution in [2.45, 2.75) is 0 Å². The van der Waals surface area contributed by atoms with Crippen molar-refractivity contribution in [3.05, 3.63) is 95.8 Å². The molecule has 1 aliphatic heterocycles. The van der Waals surface area contributed by atoms with E-state index in [2.05, 4.69) is 4.98 Å². The van der Waals surface area contributed by atoms with Crippen LogP contribution in [0.15, 0.2) is 90.2 Å². The van der Waals surface area contributed by atoms with E-state index in [1.165, 1.54) is 16.7 Å². The van der Waals surface area contributed by atoms with Crippen LogP contribution in [-0.2, 0) is 4.79 Å². The standard InChI is InChI=1S/C25H18N4O2S2/c1-31-21-11-9-17(10-12-21)23-18(16-28(27-23)19-6-3-2-4-7-19)14-22-24(30)29(25(32)33-22)20-8-5-13-26-15-20/h2-16H,1H3/b22-14-. The largest absolute Gasteiger partial charge is 0.497 e. The number of pyridine rings is 1. The average molecular weight is 471 g/mol. The van der Waals surface area contributed by atoms with Gasteiger partial charge in [0.05, 0.1) is 35.3 Å². The molecular formula is C25H18N4O2S2. The number of thioether (sulfide) groups is 1. The molecule has 0 N–H and O–H groups in total. The summed E-state index contributed by atoms with van der Waals surface area (Å²) in [6, 6.07) is 21.1. The van der Waals surface area contributed by atoms with E-state index in [0.29, 0.717) is 14.9 Å². The fourth-order valence-corrected chi connectivity index (χ4v) is 4.79. The first-order valence-corrected chi connectivity index (χ1v) is 11.3. The minimum atomic E-state index is -0.175. The van der Waals surface area contributed by atoms with Gasteiger partial charge < -0.3 is 4.74 Å². The first-order chi connectivity index (χ1) is 16.1. The van der Waals surface area contributed by atoms with Gasteiger partial charge in [-0.2, -0.15) is 5.10 Å². The number of benzene rings is 2. The molecule has 1 aliphatic rings. The van der Waals surface area contributed by atoms with Crippen molar-refractivity contribution in [1.29, 1.82) is 0 Å². The molecule has 0 unspecified atom stereocenters. The Morgan fingerprint density at radius 1 is 1.00 bits per heavy atom. The van der Waals surface area contributed by atoms with Crippen LogP contribution in [0.1, 0.15) is 5.56 Å². The van der Waals surface area contributed by atoms with E-state index in [1.807, 2.05) is 77.6 Å². The maximum atomic E-state index is 13.2. The predicted octanol–water partition coefficient (Wildman–Crippen LogP) is 5.35. The molecule has 6 nitrogen and oxygen atoms in total. The monoisotopic (exact) mass is 470 g/mol. The van der Waals surface area contributed by atoms with Gasteiger partial charge in [0, 0.05) is 23.5 Å². The first-order valence-electron chi connectivity index (χ1n) is 10.1. The summed E-state index contributed by atoms with van der Waals surface area (Å²) in [6.45, 7) is 0. The van der Waals surface area contributed by atoms with E-state index < -0.39 is 0 Å². The number of rotatable bonds is 5. The summed E-state index contributed by atoms with van der Waals surface area (Å²) in [4.78, 5) is 19.4. The topological polar surface area (TPSA) is 60.2 Å². The quantitative estimate of drug-likeness (QED) is 0.290. The Balaban J connectivity index is 1.58. The molecule has 0 bridgehead atoms. The van der Waals surface area contributed by atoms with E-state index in [1.54, 1.807) is 25.6 Å². The lowest BCUT2D eigenvalue weighted by Gasteiger charge is -2.13. The summed E-state index contributed by atoms with van der Waals surface area (Å²) < 4.78 is 7.57. The van der Waals surface area contributed by atoms with Crippen LogP contribution in [0.3, 0.4) is 0 Å². The molecule has 0 spiro atoms. The lowest BCUT2D eigenvalue weighted by molar-refractivity contribution is -0.113. The molecule has 2 aromatic heterocycles. The number of para-hydroxylation sites is 1. The zero-order chi connectivity index (χ0) is 22.8. The zero-order valence-electron chi connectivity index (χ0n) is 17.6. The highest BCUT2D eigenvalue weighted by Gasteiger charge is 2.33. The first kappa shape index (κ1) is 21.1. The van der Waals surface area contributed by atoms with Gasteiger partial charge in [0.15, 0.2) is 4.32 Å². The van der Waals surface area contributed by atoms with Crippen LogP contribution in [0, 0.1) is 0 Å². The second-order valence-electron chi connectivity index (χ2n) is 7.17. The number of thiocarbonyl (C=S) groups is 1. The summed E-state index contributed by atoms with van der Waals surface area (Å²) in [5.74, 6) is 0.589. The maximum Gasteiger partial charge on any atom is 0.270 e. The van der Waals surface area contributed by atoms with Crippen molar-refractivity contribution < 1.29 is 9.53 Å². The highest BCUT2D eigenvalue weighted by atomic mass is 32.2. The Morgan fingerprint density at radius 3 is 2.45 bits per heavy atom. The third-order valence-electron chi connectivity index (χ3n) is 5.11. The van der Waals surface area contributed by atoms with E-state index in [9.17, 15) is 4.79 Å². The van der Waals surface area contributed by atoms with Gasteiger partial charge in [-0.25, -0.2) is 4.68 Å². The number of hydrogen-bond acceptors (Lipinski definition) is 6. The SMILES string of the molecule is COc1ccc(-c2nn(-c3ccccc3)cc2/C=C2\SC(=S)N(c3cccnc3)C2=O)cc1. The van der Waals surface area contributed by atoms with E-state index in [-0.39, 0.29) is 5.91 Å². The van der Waals surface area contributed by atoms with E-state index in [0.717, 1.165) is 28.3 Å². The summed E-state index contributed by atoms with van der Waals surface area (Å²) in [6.07, 6.45) is 7.06. The van der Waals surface area contributed by atoms with Gasteiger partial charge in [-0.3, -0.25) is 14.7 Å². The number of methoxy groups -OCH3 is 1. The van der Waals surface area contributed by atoms with Crippen molar-refractivity contribution in [1.82, 2.24) is 14.8 Å². The fraction of sp³-hybridized carbons (Fsp3) is 0.0400. The van der Waals surface area contributed by atoms with E-state index in [4.69, 9.17) is 22.1 Å². The number of aromatic nitrogens is 3. The molecule has 1 amide bonds. The van der Waals surface area contributed by atoms with Crippen LogP contribution in [-0.4, -0.2) is 32.1 Å². The molecule has 3 heterocycles. The van der Waals surface area contributed by atoms with Crippen LogP contribution in [0.2, 0.25) is 0 Å². The highest BCUT2D eigenvalue weighted by molar-refractivity contribution is 8.27. The lowest BCUT2D eigenvalue weighted by atomic mass is 10.1. The second kappa shape index (κ2) is 9.01. The molecule has 2 aromatic carbocycles. The fourth-order valence-electron chi connectivity index (χ4n) is 3.50. The molecule has 1 fully saturated rings. The second-order valence-corrected chi connectivity index (χ2v) is 8.85. The minimum Gasteiger partial charge on any atom is -0.497 e. The Hall–Kier alpha value is -3.75. The van der Waals surface area contributed by atoms with Gasteiger partial charge in [-0.1, -0.05) is 42.2 Å². The number of anilines is 1. The third kappa shape index (κ3) is 4.18. The number of nitrogens with zero attached hydrogens (tertiary/aromatic N) is 4. The van der Waals surface area contributed by atoms with Gasteiger partial charge in [0.1, 0.15) is 5.75 Å². The Morgan fingerprint density at radius 2 is 1.76 bits per heavy atom. The van der Waals surface area contributed by atoms with Crippen molar-refractivity contribution >= 4 is 46.0 Å². The number of carbonyl (C=O) groups excluding carboxylic acids is 1. The highest BCUT2D eigenvalue weighted by Crippen LogP contribution is 2.37. The molecule has 5 rings (SSSR count). The molecule has 1 saturated heterocycles. The van der Waals surface area contributed by atoms with Gasteiger partial charge in [-0.05, 0) is 54.6 Å². The number of amides is 1. The normalized spacial score (nSPS) is 14.8. The van der Waals surface area contributed by atoms with Crippen LogP contribution < -0.4 is 9.64 Å². The molecular weight excluding hydrogens is 452 g/mol. The smallest absolute Gasteiger partial charge is 0.270 e. The van der Waals surface area contributed by atoms with Crippen LogP contribution >= 0.6 is 24.0 Å². The minimum absolute atomic E-state index is 0.175. The Kier molecular flexibility index (Phi) is 5.77. The van der Waals surface area contributed by atoms with Crippen molar-refractivity contribution in [2.24, 2.45) is 0 Å². The molecule has 0 saturated carbocycles. The molecule has 0 atom stereocenters. The number of carbonyl (C=O) groups is 1. The zero-order valence-corrected chi connectivity index (χ0v) is 19.2. The number of hydrogen-bond donors (Lipinski definition) is 0. The average Bonchev–Trinajstić information content (AvgIpc) is 3.40. The molecule has 162 valence electrons. The van der Waals surface area contributed by atoms with Crippen LogP contribution in [0.4, 0.5) is 5.69 Å². The van der Waals surface area contributed by atoms with E-state index >= 15 is 0 Å². The van der Waals surface area contributed by atoms with Crippen LogP contribution in [0.5, 0.6) is 5.75 Å². The van der Waals surface area contributed by atoms with Gasteiger partial charge in [0.2, 0.25) is 0 Å². The van der Waals surface area contributed by atoms with Gasteiger partial charge in [-0.15, -0.1) is 0 Å². The summed E-state index contributed by atoms with van der Waals surface area (Å²) in [5.41, 5.74) is 4.07. The van der Waals surface area contributed by atoms with Crippen molar-refractivity contribution in [3.63, 3.8) is 0 Å². The van der Waals surface area contributed by atoms with Gasteiger partial charge in [0.25, 0.3) is 5.91 Å². The molecule has 0 aliphatic carbocycles. The van der Waals surface area contributed by atoms with Crippen molar-refractivity contribution in [3.8, 4) is 22.7 Å². The third-order valence-corrected chi connectivity index (χ3v) is 6.41. The molecule has 4 aromatic rings. The van der Waals surface area contributed by atoms with Crippen molar-refractivity contribution in [2.75, 3.05) is 12.0 Å². The van der Waals surface area contributed by atoms with Gasteiger partial charge >= 0.3 is 0 Å². The predicted molar refractivity (Wildman–Crippen MR) is 135 cm³/mol. The Bertz CT molecular complexity index is 1350. The summed E-state index contributed by atoms with van der Waals surface area (Å²) >= 11 is 6.76. The summed E-state index contributed by atoms with van der Waals surface area (Å²) in [7, 11) is 1.63. The maximum absolute atomic E-state index is 13.2. The molecule has 33 heavy (non-hydrogen) atoms. The number of ether oxygens (including phenoxy) is 1.